The Balaban J connectivity index is 1.66. The smallest absolute Gasteiger partial charge is 0.319 e. The van der Waals surface area contributed by atoms with Gasteiger partial charge in [-0.25, -0.2) is 0 Å². The van der Waals surface area contributed by atoms with Gasteiger partial charge in [-0.1, -0.05) is 0 Å². The van der Waals surface area contributed by atoms with Crippen molar-refractivity contribution in [3.05, 3.63) is 0 Å². The summed E-state index contributed by atoms with van der Waals surface area (Å²) in [5.74, 6) is 0.808. The molecule has 2 heterocycles. The van der Waals surface area contributed by atoms with Gasteiger partial charge in [-0.05, 0) is 39.2 Å². The molecular formula is C16H29NO4S. The highest BCUT2D eigenvalue weighted by Crippen LogP contribution is 2.22. The Labute approximate surface area is 138 Å². The maximum absolute atomic E-state index is 12.2. The summed E-state index contributed by atoms with van der Waals surface area (Å²) in [4.78, 5) is 14.5. The molecule has 0 radical (unpaired) electrons. The van der Waals surface area contributed by atoms with Gasteiger partial charge in [0.2, 0.25) is 0 Å². The fourth-order valence-corrected chi connectivity index (χ4v) is 3.85. The van der Waals surface area contributed by atoms with E-state index in [1.165, 1.54) is 0 Å². The Morgan fingerprint density at radius 1 is 1.41 bits per heavy atom. The number of piperidine rings is 1. The summed E-state index contributed by atoms with van der Waals surface area (Å²) in [7, 11) is 1.72. The molecule has 0 aromatic carbocycles. The second-order valence-electron chi connectivity index (χ2n) is 6.11. The van der Waals surface area contributed by atoms with E-state index in [2.05, 4.69) is 4.90 Å². The van der Waals surface area contributed by atoms with Crippen LogP contribution in [-0.2, 0) is 19.0 Å². The topological polar surface area (TPSA) is 48.0 Å². The van der Waals surface area contributed by atoms with Gasteiger partial charge in [0, 0.05) is 32.6 Å². The van der Waals surface area contributed by atoms with Gasteiger partial charge in [0.05, 0.1) is 18.0 Å². The van der Waals surface area contributed by atoms with E-state index < -0.39 is 0 Å². The summed E-state index contributed by atoms with van der Waals surface area (Å²) in [6, 6.07) is 0. The minimum absolute atomic E-state index is 0.0314. The number of esters is 1. The molecule has 0 aromatic rings. The first-order valence-corrected chi connectivity index (χ1v) is 9.39. The van der Waals surface area contributed by atoms with Crippen molar-refractivity contribution in [1.29, 1.82) is 0 Å². The van der Waals surface area contributed by atoms with Crippen LogP contribution in [0, 0.1) is 0 Å². The number of likely N-dealkylation sites (tertiary alicyclic amines) is 1. The van der Waals surface area contributed by atoms with E-state index in [9.17, 15) is 4.79 Å². The van der Waals surface area contributed by atoms with Crippen LogP contribution in [0.5, 0.6) is 0 Å². The molecule has 0 bridgehead atoms. The van der Waals surface area contributed by atoms with Crippen LogP contribution >= 0.6 is 11.8 Å². The third kappa shape index (κ3) is 6.07. The molecule has 3 atom stereocenters. The number of hydrogen-bond donors (Lipinski definition) is 0. The SMILES string of the molecule is COCCN1CCCC(OC(=O)C(C)SCC2CCCO2)C1. The van der Waals surface area contributed by atoms with Crippen molar-refractivity contribution < 1.29 is 19.0 Å². The molecule has 128 valence electrons. The lowest BCUT2D eigenvalue weighted by atomic mass is 10.1. The molecule has 0 amide bonds. The number of nitrogens with zero attached hydrogens (tertiary/aromatic N) is 1. The van der Waals surface area contributed by atoms with E-state index in [-0.39, 0.29) is 17.3 Å². The van der Waals surface area contributed by atoms with Crippen molar-refractivity contribution in [2.24, 2.45) is 0 Å². The second kappa shape index (κ2) is 9.75. The fraction of sp³-hybridized carbons (Fsp3) is 0.938. The first-order valence-electron chi connectivity index (χ1n) is 8.34. The zero-order valence-electron chi connectivity index (χ0n) is 13.8. The second-order valence-corrected chi connectivity index (χ2v) is 7.48. The third-order valence-electron chi connectivity index (χ3n) is 4.24. The predicted octanol–water partition coefficient (Wildman–Crippen LogP) is 1.94. The van der Waals surface area contributed by atoms with Gasteiger partial charge in [0.15, 0.2) is 0 Å². The molecule has 0 saturated carbocycles. The molecule has 5 nitrogen and oxygen atoms in total. The minimum atomic E-state index is -0.112. The Kier molecular flexibility index (Phi) is 8.00. The van der Waals surface area contributed by atoms with Crippen molar-refractivity contribution in [3.8, 4) is 0 Å². The number of thioether (sulfide) groups is 1. The summed E-state index contributed by atoms with van der Waals surface area (Å²) < 4.78 is 16.4. The molecular weight excluding hydrogens is 302 g/mol. The lowest BCUT2D eigenvalue weighted by Gasteiger charge is -2.32. The molecule has 2 aliphatic rings. The average Bonchev–Trinajstić information content (AvgIpc) is 3.04. The lowest BCUT2D eigenvalue weighted by Crippen LogP contribution is -2.42. The van der Waals surface area contributed by atoms with Crippen molar-refractivity contribution in [2.75, 3.05) is 45.7 Å². The minimum Gasteiger partial charge on any atom is -0.460 e. The molecule has 0 aliphatic carbocycles. The molecule has 2 fully saturated rings. The number of ether oxygens (including phenoxy) is 3. The largest absolute Gasteiger partial charge is 0.460 e. The number of methoxy groups -OCH3 is 1. The van der Waals surface area contributed by atoms with Crippen molar-refractivity contribution in [1.82, 2.24) is 4.90 Å². The molecule has 0 aromatic heterocycles. The van der Waals surface area contributed by atoms with Crippen molar-refractivity contribution >= 4 is 17.7 Å². The van der Waals surface area contributed by atoms with Crippen LogP contribution in [0.1, 0.15) is 32.6 Å². The van der Waals surface area contributed by atoms with Crippen molar-refractivity contribution in [2.45, 2.75) is 50.1 Å². The van der Waals surface area contributed by atoms with Crippen LogP contribution < -0.4 is 0 Å². The highest BCUT2D eigenvalue weighted by atomic mass is 32.2. The first kappa shape index (κ1) is 18.0. The molecule has 22 heavy (non-hydrogen) atoms. The monoisotopic (exact) mass is 331 g/mol. The van der Waals surface area contributed by atoms with E-state index in [0.717, 1.165) is 64.3 Å². The Morgan fingerprint density at radius 2 is 2.27 bits per heavy atom. The van der Waals surface area contributed by atoms with Gasteiger partial charge in [-0.2, -0.15) is 0 Å². The first-order chi connectivity index (χ1) is 10.7. The van der Waals surface area contributed by atoms with Crippen LogP contribution in [0.15, 0.2) is 0 Å². The third-order valence-corrected chi connectivity index (χ3v) is 5.50. The molecule has 2 rings (SSSR count). The maximum Gasteiger partial charge on any atom is 0.319 e. The summed E-state index contributed by atoms with van der Waals surface area (Å²) >= 11 is 1.65. The van der Waals surface area contributed by atoms with Crippen LogP contribution in [0.2, 0.25) is 0 Å². The van der Waals surface area contributed by atoms with E-state index in [4.69, 9.17) is 14.2 Å². The van der Waals surface area contributed by atoms with Gasteiger partial charge in [0.1, 0.15) is 6.10 Å². The lowest BCUT2D eigenvalue weighted by molar-refractivity contribution is -0.150. The fourth-order valence-electron chi connectivity index (χ4n) is 2.89. The summed E-state index contributed by atoms with van der Waals surface area (Å²) in [5, 5.41) is -0.112. The quantitative estimate of drug-likeness (QED) is 0.634. The van der Waals surface area contributed by atoms with E-state index >= 15 is 0 Å². The van der Waals surface area contributed by atoms with Crippen LogP contribution in [0.4, 0.5) is 0 Å². The predicted molar refractivity (Wildman–Crippen MR) is 88.3 cm³/mol. The Morgan fingerprint density at radius 3 is 3.00 bits per heavy atom. The van der Waals surface area contributed by atoms with Gasteiger partial charge < -0.3 is 14.2 Å². The van der Waals surface area contributed by atoms with Crippen LogP contribution in [0.3, 0.4) is 0 Å². The molecule has 3 unspecified atom stereocenters. The summed E-state index contributed by atoms with van der Waals surface area (Å²) in [6.07, 6.45) is 4.66. The summed E-state index contributed by atoms with van der Waals surface area (Å²) in [5.41, 5.74) is 0. The highest BCUT2D eigenvalue weighted by Gasteiger charge is 2.26. The number of rotatable bonds is 8. The van der Waals surface area contributed by atoms with Crippen molar-refractivity contribution in [3.63, 3.8) is 0 Å². The number of carbonyl (C=O) groups is 1. The van der Waals surface area contributed by atoms with Crippen LogP contribution in [0.25, 0.3) is 0 Å². The molecule has 0 N–H and O–H groups in total. The molecule has 0 spiro atoms. The van der Waals surface area contributed by atoms with Gasteiger partial charge in [0.25, 0.3) is 0 Å². The van der Waals surface area contributed by atoms with E-state index in [1.54, 1.807) is 18.9 Å². The standard InChI is InChI=1S/C16H29NO4S/c1-13(22-12-15-6-4-9-20-15)16(18)21-14-5-3-7-17(11-14)8-10-19-2/h13-15H,3-12H2,1-2H3. The molecule has 6 heteroatoms. The Bertz CT molecular complexity index is 336. The normalized spacial score (nSPS) is 27.7. The van der Waals surface area contributed by atoms with Crippen LogP contribution in [-0.4, -0.2) is 74.0 Å². The molecule has 2 saturated heterocycles. The van der Waals surface area contributed by atoms with E-state index in [1.807, 2.05) is 6.92 Å². The molecule has 2 aliphatic heterocycles. The van der Waals surface area contributed by atoms with Gasteiger partial charge in [-0.3, -0.25) is 9.69 Å². The number of carbonyl (C=O) groups excluding carboxylic acids is 1. The maximum atomic E-state index is 12.2. The zero-order chi connectivity index (χ0) is 15.8. The van der Waals surface area contributed by atoms with Gasteiger partial charge >= 0.3 is 5.97 Å². The Hall–Kier alpha value is -0.300. The van der Waals surface area contributed by atoms with E-state index in [0.29, 0.717) is 6.10 Å². The summed E-state index contributed by atoms with van der Waals surface area (Å²) in [6.45, 7) is 6.35. The van der Waals surface area contributed by atoms with Gasteiger partial charge in [-0.15, -0.1) is 11.8 Å². The highest BCUT2D eigenvalue weighted by molar-refractivity contribution is 8.00. The average molecular weight is 331 g/mol. The zero-order valence-corrected chi connectivity index (χ0v) is 14.6. The number of hydrogen-bond acceptors (Lipinski definition) is 6.